The average Bonchev–Trinajstić information content (AvgIpc) is 2.18. The molecule has 94 valence electrons. The Balaban J connectivity index is 2.53. The molecule has 0 bridgehead atoms. The molecule has 4 nitrogen and oxygen atoms in total. The van der Waals surface area contributed by atoms with Crippen molar-refractivity contribution in [2.45, 2.75) is 26.0 Å². The van der Waals surface area contributed by atoms with Crippen LogP contribution in [0.4, 0.5) is 14.5 Å². The minimum absolute atomic E-state index is 0.0465. The van der Waals surface area contributed by atoms with Crippen LogP contribution in [0.15, 0.2) is 24.3 Å². The number of carbonyl (C=O) groups excluding carboxylic acids is 1. The number of halogens is 2. The fourth-order valence-electron chi connectivity index (χ4n) is 1.22. The second kappa shape index (κ2) is 6.15. The first-order chi connectivity index (χ1) is 7.97. The third-order valence-corrected chi connectivity index (χ3v) is 1.87. The minimum atomic E-state index is -2.85. The molecule has 0 heterocycles. The lowest BCUT2D eigenvalue weighted by molar-refractivity contribution is -0.116. The lowest BCUT2D eigenvalue weighted by Gasteiger charge is -2.08. The van der Waals surface area contributed by atoms with Gasteiger partial charge in [-0.25, -0.2) is 0 Å². The molecule has 0 saturated carbocycles. The smallest absolute Gasteiger partial charge is 0.387 e. The molecule has 17 heavy (non-hydrogen) atoms. The summed E-state index contributed by atoms with van der Waals surface area (Å²) in [4.78, 5) is 11.3. The first-order valence-corrected chi connectivity index (χ1v) is 5.07. The van der Waals surface area contributed by atoms with Crippen molar-refractivity contribution in [2.75, 3.05) is 5.32 Å². The van der Waals surface area contributed by atoms with Crippen LogP contribution in [0.3, 0.4) is 0 Å². The van der Waals surface area contributed by atoms with Crippen molar-refractivity contribution in [3.8, 4) is 5.75 Å². The first-order valence-electron chi connectivity index (χ1n) is 5.07. The number of nitrogens with one attached hydrogen (secondary N) is 1. The van der Waals surface area contributed by atoms with E-state index >= 15 is 0 Å². The Morgan fingerprint density at radius 3 is 2.47 bits per heavy atom. The molecule has 1 aromatic rings. The first kappa shape index (κ1) is 13.4. The average molecular weight is 244 g/mol. The fourth-order valence-corrected chi connectivity index (χ4v) is 1.22. The van der Waals surface area contributed by atoms with Gasteiger partial charge in [0.25, 0.3) is 0 Å². The number of nitrogens with two attached hydrogens (primary N) is 1. The van der Waals surface area contributed by atoms with E-state index in [0.29, 0.717) is 5.69 Å². The lowest BCUT2D eigenvalue weighted by atomic mass is 10.2. The summed E-state index contributed by atoms with van der Waals surface area (Å²) in [5.74, 6) is -0.173. The number of benzene rings is 1. The van der Waals surface area contributed by atoms with Gasteiger partial charge in [0.15, 0.2) is 0 Å². The Kier molecular flexibility index (Phi) is 4.84. The molecular formula is C11H14F2N2O2. The van der Waals surface area contributed by atoms with E-state index < -0.39 is 6.61 Å². The summed E-state index contributed by atoms with van der Waals surface area (Å²) in [5, 5.41) is 2.59. The van der Waals surface area contributed by atoms with E-state index in [1.165, 1.54) is 24.3 Å². The molecule has 1 rings (SSSR count). The molecule has 1 amide bonds. The molecule has 0 aliphatic carbocycles. The van der Waals surface area contributed by atoms with E-state index in [2.05, 4.69) is 10.1 Å². The van der Waals surface area contributed by atoms with Crippen molar-refractivity contribution < 1.29 is 18.3 Å². The minimum Gasteiger partial charge on any atom is -0.435 e. The monoisotopic (exact) mass is 244 g/mol. The largest absolute Gasteiger partial charge is 0.435 e. The highest BCUT2D eigenvalue weighted by Gasteiger charge is 2.07. The van der Waals surface area contributed by atoms with Gasteiger partial charge in [-0.1, -0.05) is 0 Å². The van der Waals surface area contributed by atoms with Gasteiger partial charge in [-0.2, -0.15) is 8.78 Å². The Hall–Kier alpha value is -1.69. The topological polar surface area (TPSA) is 64.4 Å². The molecule has 0 fully saturated rings. The maximum atomic E-state index is 11.9. The van der Waals surface area contributed by atoms with E-state index in [-0.39, 0.29) is 24.1 Å². The second-order valence-corrected chi connectivity index (χ2v) is 3.63. The standard InChI is InChI=1S/C11H14F2N2O2/c1-7(14)6-10(16)15-8-2-4-9(5-3-8)17-11(12)13/h2-5,7,11H,6,14H2,1H3,(H,15,16). The van der Waals surface area contributed by atoms with Crippen molar-refractivity contribution in [2.24, 2.45) is 5.73 Å². The second-order valence-electron chi connectivity index (χ2n) is 3.63. The number of ether oxygens (including phenoxy) is 1. The van der Waals surface area contributed by atoms with E-state index in [9.17, 15) is 13.6 Å². The van der Waals surface area contributed by atoms with Crippen LogP contribution in [0, 0.1) is 0 Å². The van der Waals surface area contributed by atoms with Gasteiger partial charge in [0.2, 0.25) is 5.91 Å². The van der Waals surface area contributed by atoms with Crippen LogP contribution in [0.25, 0.3) is 0 Å². The number of alkyl halides is 2. The molecule has 0 radical (unpaired) electrons. The fraction of sp³-hybridized carbons (Fsp3) is 0.364. The number of hydrogen-bond donors (Lipinski definition) is 2. The Bertz CT molecular complexity index is 366. The van der Waals surface area contributed by atoms with Crippen LogP contribution < -0.4 is 15.8 Å². The van der Waals surface area contributed by atoms with E-state index in [1.54, 1.807) is 6.92 Å². The molecule has 0 saturated heterocycles. The number of amides is 1. The molecule has 3 N–H and O–H groups in total. The molecule has 1 aromatic carbocycles. The number of carbonyl (C=O) groups is 1. The normalized spacial score (nSPS) is 12.3. The van der Waals surface area contributed by atoms with E-state index in [0.717, 1.165) is 0 Å². The van der Waals surface area contributed by atoms with Gasteiger partial charge in [0.1, 0.15) is 5.75 Å². The molecule has 1 atom stereocenters. The molecule has 0 aliphatic heterocycles. The highest BCUT2D eigenvalue weighted by molar-refractivity contribution is 5.91. The zero-order valence-electron chi connectivity index (χ0n) is 9.32. The predicted molar refractivity (Wildman–Crippen MR) is 60.0 cm³/mol. The van der Waals surface area contributed by atoms with Crippen molar-refractivity contribution in [1.29, 1.82) is 0 Å². The van der Waals surface area contributed by atoms with Gasteiger partial charge >= 0.3 is 6.61 Å². The number of rotatable bonds is 5. The summed E-state index contributed by atoms with van der Waals surface area (Å²) in [6.45, 7) is -1.13. The molecule has 1 unspecified atom stereocenters. The summed E-state index contributed by atoms with van der Waals surface area (Å²) in [5.41, 5.74) is 5.97. The van der Waals surface area contributed by atoms with Gasteiger partial charge < -0.3 is 15.8 Å². The zero-order valence-corrected chi connectivity index (χ0v) is 9.32. The predicted octanol–water partition coefficient (Wildman–Crippen LogP) is 1.96. The van der Waals surface area contributed by atoms with Gasteiger partial charge in [0.05, 0.1) is 0 Å². The number of hydrogen-bond acceptors (Lipinski definition) is 3. The van der Waals surface area contributed by atoms with Gasteiger partial charge in [-0.05, 0) is 31.2 Å². The Morgan fingerprint density at radius 2 is 2.00 bits per heavy atom. The molecular weight excluding hydrogens is 230 g/mol. The highest BCUT2D eigenvalue weighted by Crippen LogP contribution is 2.17. The van der Waals surface area contributed by atoms with Gasteiger partial charge in [0, 0.05) is 18.2 Å². The Labute approximate surface area is 97.8 Å². The zero-order chi connectivity index (χ0) is 12.8. The van der Waals surface area contributed by atoms with Crippen LogP contribution in [-0.4, -0.2) is 18.6 Å². The molecule has 0 spiro atoms. The molecule has 0 aromatic heterocycles. The maximum absolute atomic E-state index is 11.9. The van der Waals surface area contributed by atoms with E-state index in [4.69, 9.17) is 5.73 Å². The summed E-state index contributed by atoms with van der Waals surface area (Å²) in [6.07, 6.45) is 0.204. The summed E-state index contributed by atoms with van der Waals surface area (Å²) >= 11 is 0. The van der Waals surface area contributed by atoms with Crippen molar-refractivity contribution >= 4 is 11.6 Å². The van der Waals surface area contributed by atoms with Crippen molar-refractivity contribution in [1.82, 2.24) is 0 Å². The molecule has 6 heteroatoms. The molecule has 0 aliphatic rings. The van der Waals surface area contributed by atoms with Crippen LogP contribution in [-0.2, 0) is 4.79 Å². The van der Waals surface area contributed by atoms with Gasteiger partial charge in [-0.3, -0.25) is 4.79 Å². The third-order valence-electron chi connectivity index (χ3n) is 1.87. The highest BCUT2D eigenvalue weighted by atomic mass is 19.3. The van der Waals surface area contributed by atoms with Crippen LogP contribution >= 0.6 is 0 Å². The van der Waals surface area contributed by atoms with Crippen LogP contribution in [0.1, 0.15) is 13.3 Å². The SMILES string of the molecule is CC(N)CC(=O)Nc1ccc(OC(F)F)cc1. The third kappa shape index (κ3) is 5.26. The van der Waals surface area contributed by atoms with Crippen LogP contribution in [0.5, 0.6) is 5.75 Å². The van der Waals surface area contributed by atoms with Crippen LogP contribution in [0.2, 0.25) is 0 Å². The maximum Gasteiger partial charge on any atom is 0.387 e. The van der Waals surface area contributed by atoms with Crippen molar-refractivity contribution in [3.63, 3.8) is 0 Å². The van der Waals surface area contributed by atoms with E-state index in [1.807, 2.05) is 0 Å². The lowest BCUT2D eigenvalue weighted by Crippen LogP contribution is -2.23. The number of anilines is 1. The van der Waals surface area contributed by atoms with Gasteiger partial charge in [-0.15, -0.1) is 0 Å². The van der Waals surface area contributed by atoms with Crippen molar-refractivity contribution in [3.05, 3.63) is 24.3 Å². The summed E-state index contributed by atoms with van der Waals surface area (Å²) < 4.78 is 27.9. The quantitative estimate of drug-likeness (QED) is 0.832. The Morgan fingerprint density at radius 1 is 1.41 bits per heavy atom. The summed E-state index contributed by atoms with van der Waals surface area (Å²) in [6, 6.07) is 5.45. The summed E-state index contributed by atoms with van der Waals surface area (Å²) in [7, 11) is 0.